The van der Waals surface area contributed by atoms with Crippen LogP contribution in [-0.2, 0) is 0 Å². The summed E-state index contributed by atoms with van der Waals surface area (Å²) >= 11 is 0. The zero-order valence-electron chi connectivity index (χ0n) is 9.18. The maximum Gasteiger partial charge on any atom is 0.141 e. The topological polar surface area (TPSA) is 9.23 Å². The van der Waals surface area contributed by atoms with E-state index in [1.54, 1.807) is 0 Å². The second kappa shape index (κ2) is 3.11. The molecule has 2 heterocycles. The SMILES string of the molecule is c1cc2ccc3cccc4ccc(c1)c2Oc34. The van der Waals surface area contributed by atoms with Gasteiger partial charge in [-0.15, -0.1) is 0 Å². The van der Waals surface area contributed by atoms with Crippen LogP contribution in [0.3, 0.4) is 0 Å². The first-order valence-corrected chi connectivity index (χ1v) is 5.72. The van der Waals surface area contributed by atoms with Gasteiger partial charge >= 0.3 is 0 Å². The van der Waals surface area contributed by atoms with E-state index in [9.17, 15) is 0 Å². The van der Waals surface area contributed by atoms with Gasteiger partial charge < -0.3 is 4.74 Å². The van der Waals surface area contributed by atoms with Gasteiger partial charge in [0.25, 0.3) is 0 Å². The minimum absolute atomic E-state index is 0.962. The average molecular weight is 218 g/mol. The Morgan fingerprint density at radius 1 is 0.471 bits per heavy atom. The summed E-state index contributed by atoms with van der Waals surface area (Å²) in [6.45, 7) is 0. The number of rotatable bonds is 0. The molecule has 1 heteroatoms. The van der Waals surface area contributed by atoms with E-state index in [2.05, 4.69) is 60.7 Å². The standard InChI is InChI=1S/C16H10O/c1-3-11-7-9-13-5-2-6-14-10-8-12(4-1)15(11)17-16(13)14/h1-10H. The van der Waals surface area contributed by atoms with Crippen molar-refractivity contribution < 1.29 is 4.74 Å². The Labute approximate surface area is 98.9 Å². The van der Waals surface area contributed by atoms with Gasteiger partial charge in [0, 0.05) is 21.5 Å². The molecule has 17 heavy (non-hydrogen) atoms. The van der Waals surface area contributed by atoms with Crippen molar-refractivity contribution in [3.63, 3.8) is 0 Å². The Bertz CT molecular complexity index is 649. The van der Waals surface area contributed by atoms with Crippen LogP contribution < -0.4 is 4.74 Å². The van der Waals surface area contributed by atoms with Gasteiger partial charge in [-0.1, -0.05) is 60.7 Å². The Morgan fingerprint density at radius 3 is 1.18 bits per heavy atom. The molecule has 2 aromatic carbocycles. The molecule has 0 radical (unpaired) electrons. The van der Waals surface area contributed by atoms with Crippen LogP contribution in [0.15, 0.2) is 60.7 Å². The van der Waals surface area contributed by atoms with E-state index in [0.717, 1.165) is 33.0 Å². The second-order valence-corrected chi connectivity index (χ2v) is 4.30. The summed E-state index contributed by atoms with van der Waals surface area (Å²) in [5.41, 5.74) is 0. The van der Waals surface area contributed by atoms with Crippen molar-refractivity contribution in [2.24, 2.45) is 0 Å². The molecule has 4 rings (SSSR count). The van der Waals surface area contributed by atoms with Gasteiger partial charge in [-0.05, 0) is 0 Å². The predicted molar refractivity (Wildman–Crippen MR) is 70.3 cm³/mol. The summed E-state index contributed by atoms with van der Waals surface area (Å²) in [5.74, 6) is 1.92. The Balaban J connectivity index is 2.32. The Morgan fingerprint density at radius 2 is 0.824 bits per heavy atom. The number of para-hydroxylation sites is 2. The van der Waals surface area contributed by atoms with Crippen molar-refractivity contribution in [1.82, 2.24) is 0 Å². The molecule has 2 aliphatic rings. The van der Waals surface area contributed by atoms with E-state index in [-0.39, 0.29) is 0 Å². The van der Waals surface area contributed by atoms with E-state index in [4.69, 9.17) is 4.74 Å². The first-order valence-electron chi connectivity index (χ1n) is 5.72. The molecule has 80 valence electrons. The van der Waals surface area contributed by atoms with E-state index in [1.807, 2.05) is 0 Å². The number of hydrogen-bond donors (Lipinski definition) is 0. The van der Waals surface area contributed by atoms with Gasteiger partial charge in [0.1, 0.15) is 11.5 Å². The van der Waals surface area contributed by atoms with Crippen LogP contribution in [0.5, 0.6) is 11.5 Å². The lowest BCUT2D eigenvalue weighted by Gasteiger charge is -2.07. The molecule has 0 aliphatic carbocycles. The summed E-state index contributed by atoms with van der Waals surface area (Å²) < 4.78 is 6.10. The van der Waals surface area contributed by atoms with Gasteiger partial charge in [-0.25, -0.2) is 0 Å². The molecule has 0 aromatic heterocycles. The highest BCUT2D eigenvalue weighted by Gasteiger charge is 2.11. The van der Waals surface area contributed by atoms with Crippen LogP contribution in [-0.4, -0.2) is 0 Å². The van der Waals surface area contributed by atoms with Crippen molar-refractivity contribution in [1.29, 1.82) is 0 Å². The molecule has 0 saturated heterocycles. The first-order chi connectivity index (χ1) is 8.42. The van der Waals surface area contributed by atoms with Crippen LogP contribution in [0.4, 0.5) is 0 Å². The molecule has 0 fully saturated rings. The van der Waals surface area contributed by atoms with Crippen molar-refractivity contribution in [3.05, 3.63) is 60.7 Å². The minimum atomic E-state index is 0.962. The molecular weight excluding hydrogens is 208 g/mol. The van der Waals surface area contributed by atoms with Crippen LogP contribution in [0.25, 0.3) is 21.5 Å². The lowest BCUT2D eigenvalue weighted by atomic mass is 10.1. The van der Waals surface area contributed by atoms with E-state index < -0.39 is 0 Å². The summed E-state index contributed by atoms with van der Waals surface area (Å²) in [6.07, 6.45) is 0. The summed E-state index contributed by atoms with van der Waals surface area (Å²) in [4.78, 5) is 0. The zero-order valence-corrected chi connectivity index (χ0v) is 9.18. The van der Waals surface area contributed by atoms with E-state index >= 15 is 0 Å². The monoisotopic (exact) mass is 218 g/mol. The molecule has 2 aromatic rings. The van der Waals surface area contributed by atoms with Crippen molar-refractivity contribution >= 4 is 21.5 Å². The fourth-order valence-corrected chi connectivity index (χ4v) is 2.37. The van der Waals surface area contributed by atoms with E-state index in [1.165, 1.54) is 0 Å². The molecule has 0 N–H and O–H groups in total. The molecular formula is C16H10O. The van der Waals surface area contributed by atoms with Crippen molar-refractivity contribution in [2.75, 3.05) is 0 Å². The highest BCUT2D eigenvalue weighted by Crippen LogP contribution is 2.39. The fraction of sp³-hybridized carbons (Fsp3) is 0. The molecule has 2 bridgehead atoms. The van der Waals surface area contributed by atoms with Crippen LogP contribution in [0.1, 0.15) is 0 Å². The number of hydrogen-bond acceptors (Lipinski definition) is 1. The van der Waals surface area contributed by atoms with Gasteiger partial charge in [-0.3, -0.25) is 0 Å². The summed E-state index contributed by atoms with van der Waals surface area (Å²) in [6, 6.07) is 20.9. The molecule has 2 aliphatic heterocycles. The Kier molecular flexibility index (Phi) is 1.61. The van der Waals surface area contributed by atoms with E-state index in [0.29, 0.717) is 0 Å². The predicted octanol–water partition coefficient (Wildman–Crippen LogP) is 4.66. The maximum absolute atomic E-state index is 6.10. The zero-order chi connectivity index (χ0) is 11.2. The molecule has 0 amide bonds. The molecule has 0 atom stereocenters. The molecule has 0 saturated carbocycles. The summed E-state index contributed by atoms with van der Waals surface area (Å²) in [7, 11) is 0. The summed E-state index contributed by atoms with van der Waals surface area (Å²) in [5, 5.41) is 4.54. The van der Waals surface area contributed by atoms with Crippen LogP contribution in [0.2, 0.25) is 0 Å². The Hall–Kier alpha value is -2.28. The van der Waals surface area contributed by atoms with Crippen LogP contribution >= 0.6 is 0 Å². The lowest BCUT2D eigenvalue weighted by molar-refractivity contribution is 0.505. The number of benzene rings is 2. The lowest BCUT2D eigenvalue weighted by Crippen LogP contribution is -1.83. The van der Waals surface area contributed by atoms with Crippen LogP contribution in [0, 0.1) is 0 Å². The van der Waals surface area contributed by atoms with Gasteiger partial charge in [0.2, 0.25) is 0 Å². The normalized spacial score (nSPS) is 12.0. The number of ether oxygens (including phenoxy) is 1. The smallest absolute Gasteiger partial charge is 0.141 e. The molecule has 0 spiro atoms. The highest BCUT2D eigenvalue weighted by atomic mass is 16.5. The molecule has 0 unspecified atom stereocenters. The second-order valence-electron chi connectivity index (χ2n) is 4.30. The van der Waals surface area contributed by atoms with Gasteiger partial charge in [0.05, 0.1) is 0 Å². The average Bonchev–Trinajstić information content (AvgIpc) is 2.67. The molecule has 1 nitrogen and oxygen atoms in total. The van der Waals surface area contributed by atoms with Gasteiger partial charge in [0.15, 0.2) is 0 Å². The third-order valence-corrected chi connectivity index (χ3v) is 3.24. The third-order valence-electron chi connectivity index (χ3n) is 3.24. The fourth-order valence-electron chi connectivity index (χ4n) is 2.37. The highest BCUT2D eigenvalue weighted by molar-refractivity contribution is 5.90. The largest absolute Gasteiger partial charge is 0.455 e. The van der Waals surface area contributed by atoms with Gasteiger partial charge in [-0.2, -0.15) is 0 Å². The minimum Gasteiger partial charge on any atom is -0.455 e. The third kappa shape index (κ3) is 1.19. The first kappa shape index (κ1) is 8.82. The maximum atomic E-state index is 6.10. The van der Waals surface area contributed by atoms with Crippen molar-refractivity contribution in [2.45, 2.75) is 0 Å². The van der Waals surface area contributed by atoms with Crippen molar-refractivity contribution in [3.8, 4) is 11.5 Å². The quantitative estimate of drug-likeness (QED) is 0.417.